The average Bonchev–Trinajstić information content (AvgIpc) is 3.10. The molecule has 0 bridgehead atoms. The van der Waals surface area contributed by atoms with Crippen LogP contribution in [0, 0.1) is 5.92 Å². The molecule has 0 saturated carbocycles. The molecule has 0 aromatic heterocycles. The Hall–Kier alpha value is -5.18. The summed E-state index contributed by atoms with van der Waals surface area (Å²) < 4.78 is 5.06. The third-order valence-electron chi connectivity index (χ3n) is 8.44. The Kier molecular flexibility index (Phi) is 14.0. The van der Waals surface area contributed by atoms with E-state index in [1.807, 2.05) is 91.0 Å². The van der Waals surface area contributed by atoms with Crippen molar-refractivity contribution in [2.45, 2.75) is 63.5 Å². The summed E-state index contributed by atoms with van der Waals surface area (Å²) in [6.45, 7) is 0.298. The van der Waals surface area contributed by atoms with Crippen molar-refractivity contribution < 1.29 is 19.1 Å². The van der Waals surface area contributed by atoms with Gasteiger partial charge in [0.2, 0.25) is 11.8 Å². The molecule has 3 atom stereocenters. The van der Waals surface area contributed by atoms with Crippen molar-refractivity contribution in [1.82, 2.24) is 10.6 Å². The molecule has 6 N–H and O–H groups in total. The molecule has 4 aromatic carbocycles. The number of aryl methyl sites for hydroxylation is 1. The van der Waals surface area contributed by atoms with Crippen LogP contribution in [0.1, 0.15) is 48.8 Å². The third-order valence-corrected chi connectivity index (χ3v) is 8.44. The summed E-state index contributed by atoms with van der Waals surface area (Å²) in [5, 5.41) is 7.99. The van der Waals surface area contributed by atoms with Crippen LogP contribution in [0.4, 0.5) is 0 Å². The van der Waals surface area contributed by atoms with Crippen LogP contribution in [-0.4, -0.2) is 49.5 Å². The summed E-state index contributed by atoms with van der Waals surface area (Å²) in [5.41, 5.74) is 14.2. The molecule has 4 rings (SSSR count). The fourth-order valence-corrected chi connectivity index (χ4v) is 5.86. The maximum absolute atomic E-state index is 13.9. The minimum Gasteiger partial charge on any atom is -0.467 e. The van der Waals surface area contributed by atoms with E-state index >= 15 is 0 Å². The summed E-state index contributed by atoms with van der Waals surface area (Å²) in [6, 6.07) is 32.2. The molecule has 0 saturated heterocycles. The lowest BCUT2D eigenvalue weighted by molar-refractivity contribution is -0.145. The third kappa shape index (κ3) is 11.6. The molecule has 4 aromatic rings. The maximum atomic E-state index is 13.9. The molecule has 0 aliphatic carbocycles. The van der Waals surface area contributed by atoms with Gasteiger partial charge in [-0.15, -0.1) is 0 Å². The van der Waals surface area contributed by atoms with Crippen LogP contribution < -0.4 is 22.1 Å². The number of hydrogen-bond acceptors (Lipinski definition) is 5. The first-order valence-corrected chi connectivity index (χ1v) is 16.6. The second-order valence-electron chi connectivity index (χ2n) is 12.1. The van der Waals surface area contributed by atoms with Gasteiger partial charge >= 0.3 is 5.97 Å². The van der Waals surface area contributed by atoms with Crippen LogP contribution in [0.15, 0.2) is 108 Å². The van der Waals surface area contributed by atoms with Gasteiger partial charge in [-0.3, -0.25) is 14.6 Å². The van der Waals surface area contributed by atoms with Crippen molar-refractivity contribution in [3.8, 4) is 0 Å². The van der Waals surface area contributed by atoms with Crippen molar-refractivity contribution in [2.24, 2.45) is 22.4 Å². The molecule has 0 aliphatic rings. The van der Waals surface area contributed by atoms with Crippen LogP contribution in [0.2, 0.25) is 0 Å². The van der Waals surface area contributed by atoms with Crippen molar-refractivity contribution in [3.05, 3.63) is 120 Å². The monoisotopic (exact) mass is 649 g/mol. The van der Waals surface area contributed by atoms with Gasteiger partial charge in [0.1, 0.15) is 12.1 Å². The second kappa shape index (κ2) is 18.8. The highest BCUT2D eigenvalue weighted by Crippen LogP contribution is 2.19. The van der Waals surface area contributed by atoms with Crippen molar-refractivity contribution in [2.75, 3.05) is 13.7 Å². The number of guanidine groups is 1. The predicted molar refractivity (Wildman–Crippen MR) is 191 cm³/mol. The van der Waals surface area contributed by atoms with Crippen molar-refractivity contribution >= 4 is 34.5 Å². The predicted octanol–water partition coefficient (Wildman–Crippen LogP) is 4.85. The van der Waals surface area contributed by atoms with Crippen LogP contribution in [0.5, 0.6) is 0 Å². The van der Waals surface area contributed by atoms with Crippen molar-refractivity contribution in [3.63, 3.8) is 0 Å². The molecule has 0 radical (unpaired) electrons. The van der Waals surface area contributed by atoms with Crippen molar-refractivity contribution in [1.29, 1.82) is 0 Å². The molecule has 9 nitrogen and oxygen atoms in total. The summed E-state index contributed by atoms with van der Waals surface area (Å²) >= 11 is 0. The van der Waals surface area contributed by atoms with E-state index in [1.165, 1.54) is 12.7 Å². The van der Waals surface area contributed by atoms with E-state index in [1.54, 1.807) is 0 Å². The van der Waals surface area contributed by atoms with Gasteiger partial charge in [-0.2, -0.15) is 0 Å². The Morgan fingerprint density at radius 1 is 0.667 bits per heavy atom. The number of hydrogen-bond donors (Lipinski definition) is 4. The summed E-state index contributed by atoms with van der Waals surface area (Å²) in [4.78, 5) is 44.7. The molecule has 2 amide bonds. The van der Waals surface area contributed by atoms with Crippen LogP contribution in [0.25, 0.3) is 10.8 Å². The van der Waals surface area contributed by atoms with E-state index in [0.29, 0.717) is 25.8 Å². The molecule has 0 aliphatic heterocycles. The van der Waals surface area contributed by atoms with Gasteiger partial charge in [0, 0.05) is 18.9 Å². The van der Waals surface area contributed by atoms with Gasteiger partial charge in [0.05, 0.1) is 7.11 Å². The van der Waals surface area contributed by atoms with E-state index in [2.05, 4.69) is 27.8 Å². The van der Waals surface area contributed by atoms with Crippen LogP contribution in [-0.2, 0) is 38.4 Å². The van der Waals surface area contributed by atoms with E-state index in [0.717, 1.165) is 41.2 Å². The van der Waals surface area contributed by atoms with E-state index in [4.69, 9.17) is 16.2 Å². The number of nitrogens with two attached hydrogens (primary N) is 2. The van der Waals surface area contributed by atoms with Gasteiger partial charge in [0.15, 0.2) is 5.96 Å². The van der Waals surface area contributed by atoms with E-state index in [-0.39, 0.29) is 30.6 Å². The zero-order valence-electron chi connectivity index (χ0n) is 27.6. The van der Waals surface area contributed by atoms with Crippen LogP contribution in [0.3, 0.4) is 0 Å². The highest BCUT2D eigenvalue weighted by atomic mass is 16.5. The number of esters is 1. The lowest BCUT2D eigenvalue weighted by Crippen LogP contribution is -2.53. The first-order chi connectivity index (χ1) is 23.3. The lowest BCUT2D eigenvalue weighted by Gasteiger charge is -2.25. The maximum Gasteiger partial charge on any atom is 0.328 e. The molecule has 48 heavy (non-hydrogen) atoms. The first-order valence-electron chi connectivity index (χ1n) is 16.6. The quantitative estimate of drug-likeness (QED) is 0.0524. The molecule has 9 heteroatoms. The number of nitrogens with zero attached hydrogens (tertiary/aromatic N) is 1. The Bertz CT molecular complexity index is 1640. The summed E-state index contributed by atoms with van der Waals surface area (Å²) in [5.74, 6) is -1.62. The number of nitrogens with one attached hydrogen (secondary N) is 2. The number of unbranched alkanes of at least 4 members (excludes halogenated alkanes) is 1. The molecule has 0 heterocycles. The second-order valence-corrected chi connectivity index (χ2v) is 12.1. The zero-order valence-corrected chi connectivity index (χ0v) is 27.6. The topological polar surface area (TPSA) is 149 Å². The van der Waals surface area contributed by atoms with E-state index in [9.17, 15) is 14.4 Å². The normalized spacial score (nSPS) is 12.8. The molecule has 0 spiro atoms. The Balaban J connectivity index is 1.48. The fourth-order valence-electron chi connectivity index (χ4n) is 5.86. The smallest absolute Gasteiger partial charge is 0.328 e. The Morgan fingerprint density at radius 2 is 1.31 bits per heavy atom. The fraction of sp³-hybridized carbons (Fsp3) is 0.333. The Labute approximate surface area is 283 Å². The van der Waals surface area contributed by atoms with Gasteiger partial charge in [-0.1, -0.05) is 110 Å². The summed E-state index contributed by atoms with van der Waals surface area (Å²) in [7, 11) is 1.29. The molecular formula is C39H47N5O4. The number of benzene rings is 4. The number of ether oxygens (including phenoxy) is 1. The van der Waals surface area contributed by atoms with Gasteiger partial charge < -0.3 is 26.8 Å². The number of carbonyl (C=O) groups excluding carboxylic acids is 3. The Morgan fingerprint density at radius 3 is 2.00 bits per heavy atom. The minimum absolute atomic E-state index is 0.0420. The SMILES string of the molecule is COC(=O)C(Cc1ccc2ccccc2c1)NC(=O)[C@H](CCCN=C(N)N)NC(=O)C(CCCCc1ccccc1)Cc1ccccc1. The summed E-state index contributed by atoms with van der Waals surface area (Å²) in [6.07, 6.45) is 4.92. The minimum atomic E-state index is -0.945. The number of aliphatic imine (C=N–C) groups is 1. The number of carbonyl (C=O) groups is 3. The van der Waals surface area contributed by atoms with Gasteiger partial charge in [0.25, 0.3) is 0 Å². The van der Waals surface area contributed by atoms with Crippen LogP contribution >= 0.6 is 0 Å². The molecular weight excluding hydrogens is 602 g/mol. The van der Waals surface area contributed by atoms with E-state index < -0.39 is 24.0 Å². The standard InChI is InChI=1S/C39H47N5O4/c1-48-38(47)35(27-30-22-23-31-18-10-11-19-32(31)26-30)44-37(46)34(21-12-24-42-39(40)41)43-36(45)33(25-29-16-6-3-7-17-29)20-9-8-15-28-13-4-2-5-14-28/h2-7,10-11,13-14,16-19,22-23,26,33-35H,8-9,12,15,20-21,24-25,27H2,1H3,(H,43,45)(H,44,46)(H4,40,41,42)/t33?,34-,35?/m0/s1. The highest BCUT2D eigenvalue weighted by molar-refractivity contribution is 5.91. The number of rotatable bonds is 18. The number of methoxy groups -OCH3 is 1. The molecule has 2 unspecified atom stereocenters. The lowest BCUT2D eigenvalue weighted by atomic mass is 9.92. The molecule has 252 valence electrons. The first kappa shape index (κ1) is 35.7. The highest BCUT2D eigenvalue weighted by Gasteiger charge is 2.29. The van der Waals surface area contributed by atoms with Gasteiger partial charge in [-0.25, -0.2) is 4.79 Å². The zero-order chi connectivity index (χ0) is 34.1. The molecule has 0 fully saturated rings. The van der Waals surface area contributed by atoms with Gasteiger partial charge in [-0.05, 0) is 66.0 Å². The number of fused-ring (bicyclic) bond motifs is 1. The average molecular weight is 650 g/mol. The number of amides is 2. The largest absolute Gasteiger partial charge is 0.467 e.